The molecule has 0 aromatic heterocycles. The number of hydrogen-bond acceptors (Lipinski definition) is 1. The van der Waals surface area contributed by atoms with Crippen LogP contribution in [0.15, 0.2) is 12.1 Å². The molecular formula is C12H16F3N. The van der Waals surface area contributed by atoms with Crippen LogP contribution in [-0.4, -0.2) is 0 Å². The van der Waals surface area contributed by atoms with Crippen molar-refractivity contribution >= 4 is 0 Å². The smallest absolute Gasteiger partial charge is 0.133 e. The normalized spacial score (nSPS) is 12.8. The van der Waals surface area contributed by atoms with Crippen LogP contribution in [0.4, 0.5) is 13.2 Å². The fourth-order valence-electron chi connectivity index (χ4n) is 1.67. The molecule has 0 heterocycles. The summed E-state index contributed by atoms with van der Waals surface area (Å²) in [6, 6.07) is 0.628. The molecule has 1 aromatic carbocycles. The largest absolute Gasteiger partial charge is 0.324 e. The third-order valence-corrected chi connectivity index (χ3v) is 2.53. The number of unbranched alkanes of at least 4 members (excludes halogenated alkanes) is 2. The van der Waals surface area contributed by atoms with Gasteiger partial charge >= 0.3 is 0 Å². The highest BCUT2D eigenvalue weighted by atomic mass is 19.1. The minimum Gasteiger partial charge on any atom is -0.324 e. The number of rotatable bonds is 5. The molecular weight excluding hydrogens is 215 g/mol. The summed E-state index contributed by atoms with van der Waals surface area (Å²) >= 11 is 0. The van der Waals surface area contributed by atoms with Crippen LogP contribution in [0.2, 0.25) is 0 Å². The molecule has 0 bridgehead atoms. The van der Waals surface area contributed by atoms with Crippen molar-refractivity contribution in [1.29, 1.82) is 0 Å². The van der Waals surface area contributed by atoms with E-state index in [0.29, 0.717) is 18.6 Å². The van der Waals surface area contributed by atoms with Gasteiger partial charge in [-0.3, -0.25) is 0 Å². The third kappa shape index (κ3) is 3.23. The van der Waals surface area contributed by atoms with E-state index < -0.39 is 23.5 Å². The van der Waals surface area contributed by atoms with Gasteiger partial charge in [0.05, 0.1) is 0 Å². The lowest BCUT2D eigenvalue weighted by Crippen LogP contribution is -2.14. The third-order valence-electron chi connectivity index (χ3n) is 2.53. The average Bonchev–Trinajstić information content (AvgIpc) is 2.16. The lowest BCUT2D eigenvalue weighted by Gasteiger charge is -2.13. The topological polar surface area (TPSA) is 26.0 Å². The maximum absolute atomic E-state index is 13.3. The molecule has 0 saturated heterocycles. The fraction of sp³-hybridized carbons (Fsp3) is 0.500. The van der Waals surface area contributed by atoms with E-state index in [2.05, 4.69) is 0 Å². The van der Waals surface area contributed by atoms with Crippen LogP contribution in [-0.2, 0) is 0 Å². The average molecular weight is 231 g/mol. The highest BCUT2D eigenvalue weighted by molar-refractivity contribution is 5.23. The van der Waals surface area contributed by atoms with Gasteiger partial charge in [0.2, 0.25) is 0 Å². The first-order valence-corrected chi connectivity index (χ1v) is 5.46. The molecule has 0 saturated carbocycles. The maximum Gasteiger partial charge on any atom is 0.133 e. The highest BCUT2D eigenvalue weighted by Gasteiger charge is 2.17. The Kier molecular flexibility index (Phi) is 4.80. The second-order valence-electron chi connectivity index (χ2n) is 3.89. The Labute approximate surface area is 93.5 Å². The zero-order valence-corrected chi connectivity index (χ0v) is 9.27. The monoisotopic (exact) mass is 231 g/mol. The molecule has 0 spiro atoms. The Morgan fingerprint density at radius 3 is 2.19 bits per heavy atom. The van der Waals surface area contributed by atoms with Gasteiger partial charge in [0.25, 0.3) is 0 Å². The summed E-state index contributed by atoms with van der Waals surface area (Å²) < 4.78 is 39.3. The molecule has 1 atom stereocenters. The molecule has 2 N–H and O–H groups in total. The maximum atomic E-state index is 13.3. The zero-order valence-electron chi connectivity index (χ0n) is 9.27. The first-order chi connectivity index (χ1) is 7.56. The number of halogens is 3. The van der Waals surface area contributed by atoms with Crippen molar-refractivity contribution in [2.24, 2.45) is 5.73 Å². The second kappa shape index (κ2) is 5.89. The molecule has 1 aromatic rings. The van der Waals surface area contributed by atoms with Gasteiger partial charge in [0.1, 0.15) is 17.5 Å². The molecule has 0 fully saturated rings. The van der Waals surface area contributed by atoms with Gasteiger partial charge in [0, 0.05) is 23.7 Å². The second-order valence-corrected chi connectivity index (χ2v) is 3.89. The van der Waals surface area contributed by atoms with Gasteiger partial charge in [0.15, 0.2) is 0 Å². The molecule has 16 heavy (non-hydrogen) atoms. The van der Waals surface area contributed by atoms with E-state index in [4.69, 9.17) is 5.73 Å². The van der Waals surface area contributed by atoms with Crippen LogP contribution in [0, 0.1) is 17.5 Å². The van der Waals surface area contributed by atoms with Gasteiger partial charge in [-0.15, -0.1) is 0 Å². The number of hydrogen-bond donors (Lipinski definition) is 1. The van der Waals surface area contributed by atoms with Crippen LogP contribution in [0.3, 0.4) is 0 Å². The summed E-state index contributed by atoms with van der Waals surface area (Å²) in [6.45, 7) is 2.03. The van der Waals surface area contributed by atoms with Crippen LogP contribution >= 0.6 is 0 Å². The molecule has 4 heteroatoms. The Bertz CT molecular complexity index is 329. The van der Waals surface area contributed by atoms with E-state index in [1.165, 1.54) is 0 Å². The lowest BCUT2D eigenvalue weighted by molar-refractivity contribution is 0.483. The molecule has 0 aliphatic carbocycles. The molecule has 0 aliphatic rings. The predicted octanol–water partition coefficient (Wildman–Crippen LogP) is 3.68. The zero-order chi connectivity index (χ0) is 12.1. The fourth-order valence-corrected chi connectivity index (χ4v) is 1.67. The highest BCUT2D eigenvalue weighted by Crippen LogP contribution is 2.24. The van der Waals surface area contributed by atoms with Crippen molar-refractivity contribution in [3.8, 4) is 0 Å². The van der Waals surface area contributed by atoms with Crippen molar-refractivity contribution in [2.75, 3.05) is 0 Å². The van der Waals surface area contributed by atoms with Crippen molar-refractivity contribution in [2.45, 2.75) is 38.6 Å². The number of nitrogens with two attached hydrogens (primary N) is 1. The van der Waals surface area contributed by atoms with Crippen LogP contribution < -0.4 is 5.73 Å². The summed E-state index contributed by atoms with van der Waals surface area (Å²) in [7, 11) is 0. The van der Waals surface area contributed by atoms with Gasteiger partial charge in [-0.1, -0.05) is 26.2 Å². The quantitative estimate of drug-likeness (QED) is 0.768. The molecule has 1 nitrogen and oxygen atoms in total. The van der Waals surface area contributed by atoms with Gasteiger partial charge in [-0.2, -0.15) is 0 Å². The summed E-state index contributed by atoms with van der Waals surface area (Å²) in [4.78, 5) is 0. The van der Waals surface area contributed by atoms with E-state index in [0.717, 1.165) is 19.3 Å². The molecule has 90 valence electrons. The van der Waals surface area contributed by atoms with Gasteiger partial charge < -0.3 is 5.73 Å². The summed E-state index contributed by atoms with van der Waals surface area (Å²) in [5.74, 6) is -2.72. The Balaban J connectivity index is 2.78. The first kappa shape index (κ1) is 13.0. The summed E-state index contributed by atoms with van der Waals surface area (Å²) in [5.41, 5.74) is 5.47. The molecule has 0 radical (unpaired) electrons. The predicted molar refractivity (Wildman–Crippen MR) is 57.4 cm³/mol. The molecule has 0 unspecified atom stereocenters. The Morgan fingerprint density at radius 2 is 1.69 bits per heavy atom. The van der Waals surface area contributed by atoms with Crippen LogP contribution in [0.5, 0.6) is 0 Å². The van der Waals surface area contributed by atoms with E-state index in [1.54, 1.807) is 0 Å². The Hall–Kier alpha value is -1.03. The van der Waals surface area contributed by atoms with Crippen LogP contribution in [0.1, 0.15) is 44.2 Å². The SMILES string of the molecule is CCCCC[C@@H](N)c1c(F)cc(F)cc1F. The van der Waals surface area contributed by atoms with Gasteiger partial charge in [-0.05, 0) is 6.42 Å². The van der Waals surface area contributed by atoms with E-state index in [9.17, 15) is 13.2 Å². The van der Waals surface area contributed by atoms with Crippen molar-refractivity contribution in [1.82, 2.24) is 0 Å². The van der Waals surface area contributed by atoms with E-state index in [1.807, 2.05) is 6.92 Å². The van der Waals surface area contributed by atoms with Gasteiger partial charge in [-0.25, -0.2) is 13.2 Å². The van der Waals surface area contributed by atoms with E-state index >= 15 is 0 Å². The summed E-state index contributed by atoms with van der Waals surface area (Å²) in [5, 5.41) is 0. The summed E-state index contributed by atoms with van der Waals surface area (Å²) in [6.07, 6.45) is 3.31. The van der Waals surface area contributed by atoms with Crippen molar-refractivity contribution in [3.05, 3.63) is 35.1 Å². The van der Waals surface area contributed by atoms with Crippen molar-refractivity contribution in [3.63, 3.8) is 0 Å². The number of benzene rings is 1. The molecule has 0 amide bonds. The first-order valence-electron chi connectivity index (χ1n) is 5.46. The van der Waals surface area contributed by atoms with Crippen molar-refractivity contribution < 1.29 is 13.2 Å². The molecule has 1 rings (SSSR count). The Morgan fingerprint density at radius 1 is 1.12 bits per heavy atom. The lowest BCUT2D eigenvalue weighted by atomic mass is 10.00. The minimum atomic E-state index is -0.917. The van der Waals surface area contributed by atoms with Crippen LogP contribution in [0.25, 0.3) is 0 Å². The van der Waals surface area contributed by atoms with E-state index in [-0.39, 0.29) is 5.56 Å². The molecule has 0 aliphatic heterocycles. The minimum absolute atomic E-state index is 0.211. The standard InChI is InChI=1S/C12H16F3N/c1-2-3-4-5-11(16)12-9(14)6-8(13)7-10(12)15/h6-7,11H,2-5,16H2,1H3/t11-/m1/s1.